The van der Waals surface area contributed by atoms with Crippen LogP contribution in [-0.4, -0.2) is 10.2 Å². The van der Waals surface area contributed by atoms with E-state index in [1.54, 1.807) is 12.1 Å². The van der Waals surface area contributed by atoms with E-state index in [0.29, 0.717) is 12.2 Å². The van der Waals surface area contributed by atoms with Crippen molar-refractivity contribution in [2.75, 3.05) is 5.73 Å². The molecule has 4 rings (SSSR count). The zero-order chi connectivity index (χ0) is 15.9. The molecule has 1 aliphatic carbocycles. The quantitative estimate of drug-likeness (QED) is 0.758. The predicted octanol–water partition coefficient (Wildman–Crippen LogP) is 3.69. The second-order valence-corrected chi connectivity index (χ2v) is 5.86. The van der Waals surface area contributed by atoms with Crippen molar-refractivity contribution in [3.8, 4) is 0 Å². The van der Waals surface area contributed by atoms with Gasteiger partial charge in [0.1, 0.15) is 5.82 Å². The number of halogens is 1. The number of nitrogens with one attached hydrogen (secondary N) is 1. The highest BCUT2D eigenvalue weighted by molar-refractivity contribution is 5.69. The lowest BCUT2D eigenvalue weighted by Gasteiger charge is -2.34. The van der Waals surface area contributed by atoms with Crippen LogP contribution in [0.15, 0.2) is 60.7 Å². The summed E-state index contributed by atoms with van der Waals surface area (Å²) in [5, 5.41) is 7.11. The average molecular weight is 305 g/mol. The minimum Gasteiger partial charge on any atom is -0.382 e. The number of anilines is 1. The van der Waals surface area contributed by atoms with Crippen molar-refractivity contribution in [2.24, 2.45) is 0 Å². The first kappa shape index (κ1) is 13.8. The van der Waals surface area contributed by atoms with Crippen LogP contribution in [0.3, 0.4) is 0 Å². The molecule has 0 amide bonds. The molecule has 4 heteroatoms. The molecular weight excluding hydrogens is 289 g/mol. The van der Waals surface area contributed by atoms with Crippen LogP contribution in [0, 0.1) is 5.82 Å². The van der Waals surface area contributed by atoms with Gasteiger partial charge in [0.15, 0.2) is 5.82 Å². The standard InChI is InChI=1S/C19H16FN3/c20-15-8-4-7-14(11-15)19(13-5-2-1-3-6-13)10-9-16-17(12-19)22-23-18(16)21/h1-11H,12H2,(H3,21,22,23). The van der Waals surface area contributed by atoms with Gasteiger partial charge in [-0.25, -0.2) is 4.39 Å². The Morgan fingerprint density at radius 1 is 1.04 bits per heavy atom. The fourth-order valence-corrected chi connectivity index (χ4v) is 3.35. The summed E-state index contributed by atoms with van der Waals surface area (Å²) in [6.07, 6.45) is 4.75. The lowest BCUT2D eigenvalue weighted by Crippen LogP contribution is -2.30. The number of hydrogen-bond acceptors (Lipinski definition) is 2. The van der Waals surface area contributed by atoms with Gasteiger partial charge in [-0.15, -0.1) is 0 Å². The maximum Gasteiger partial charge on any atom is 0.152 e. The van der Waals surface area contributed by atoms with Crippen molar-refractivity contribution in [1.82, 2.24) is 10.2 Å². The number of nitrogens with two attached hydrogens (primary N) is 1. The number of H-pyrrole nitrogens is 1. The maximum absolute atomic E-state index is 13.8. The van der Waals surface area contributed by atoms with E-state index in [2.05, 4.69) is 28.4 Å². The summed E-state index contributed by atoms with van der Waals surface area (Å²) in [7, 11) is 0. The second kappa shape index (κ2) is 5.09. The van der Waals surface area contributed by atoms with Crippen molar-refractivity contribution < 1.29 is 4.39 Å². The lowest BCUT2D eigenvalue weighted by molar-refractivity contribution is 0.594. The van der Waals surface area contributed by atoms with E-state index in [9.17, 15) is 4.39 Å². The number of nitrogen functional groups attached to an aromatic ring is 1. The van der Waals surface area contributed by atoms with E-state index in [-0.39, 0.29) is 5.82 Å². The van der Waals surface area contributed by atoms with E-state index in [1.165, 1.54) is 6.07 Å². The molecule has 1 aliphatic rings. The van der Waals surface area contributed by atoms with Crippen molar-refractivity contribution in [1.29, 1.82) is 0 Å². The molecule has 0 aliphatic heterocycles. The van der Waals surface area contributed by atoms with E-state index >= 15 is 0 Å². The number of nitrogens with zero attached hydrogens (tertiary/aromatic N) is 1. The molecule has 0 fully saturated rings. The smallest absolute Gasteiger partial charge is 0.152 e. The van der Waals surface area contributed by atoms with Gasteiger partial charge in [-0.1, -0.05) is 54.6 Å². The van der Waals surface area contributed by atoms with Gasteiger partial charge in [0, 0.05) is 23.1 Å². The van der Waals surface area contributed by atoms with Crippen LogP contribution in [0.2, 0.25) is 0 Å². The summed E-state index contributed by atoms with van der Waals surface area (Å²) in [5.41, 5.74) is 9.38. The molecule has 1 unspecified atom stereocenters. The highest BCUT2D eigenvalue weighted by Gasteiger charge is 2.36. The molecular formula is C19H16FN3. The number of hydrogen-bond donors (Lipinski definition) is 2. The molecule has 3 nitrogen and oxygen atoms in total. The van der Waals surface area contributed by atoms with E-state index < -0.39 is 5.41 Å². The first-order chi connectivity index (χ1) is 11.2. The molecule has 0 saturated carbocycles. The molecule has 0 spiro atoms. The summed E-state index contributed by atoms with van der Waals surface area (Å²) in [4.78, 5) is 0. The Bertz CT molecular complexity index is 883. The van der Waals surface area contributed by atoms with Gasteiger partial charge in [0.2, 0.25) is 0 Å². The van der Waals surface area contributed by atoms with Crippen LogP contribution in [0.4, 0.5) is 10.2 Å². The number of allylic oxidation sites excluding steroid dienone is 1. The Morgan fingerprint density at radius 3 is 2.61 bits per heavy atom. The molecule has 0 saturated heterocycles. The first-order valence-electron chi connectivity index (χ1n) is 7.52. The lowest BCUT2D eigenvalue weighted by atomic mass is 9.68. The van der Waals surface area contributed by atoms with Gasteiger partial charge >= 0.3 is 0 Å². The van der Waals surface area contributed by atoms with Gasteiger partial charge in [-0.3, -0.25) is 5.10 Å². The fraction of sp³-hybridized carbons (Fsp3) is 0.105. The Labute approximate surface area is 133 Å². The third-order valence-electron chi connectivity index (χ3n) is 4.53. The molecule has 1 heterocycles. The minimum absolute atomic E-state index is 0.235. The molecule has 0 bridgehead atoms. The Balaban J connectivity index is 1.94. The van der Waals surface area contributed by atoms with E-state index in [1.807, 2.05) is 30.3 Å². The topological polar surface area (TPSA) is 54.7 Å². The van der Waals surface area contributed by atoms with Crippen molar-refractivity contribution in [2.45, 2.75) is 11.8 Å². The number of rotatable bonds is 2. The predicted molar refractivity (Wildman–Crippen MR) is 89.4 cm³/mol. The Morgan fingerprint density at radius 2 is 1.83 bits per heavy atom. The van der Waals surface area contributed by atoms with Crippen LogP contribution < -0.4 is 5.73 Å². The number of fused-ring (bicyclic) bond motifs is 1. The average Bonchev–Trinajstić information content (AvgIpc) is 2.96. The molecule has 2 aromatic carbocycles. The molecule has 23 heavy (non-hydrogen) atoms. The van der Waals surface area contributed by atoms with Gasteiger partial charge in [-0.05, 0) is 23.3 Å². The molecule has 1 aromatic heterocycles. The van der Waals surface area contributed by atoms with Crippen LogP contribution >= 0.6 is 0 Å². The van der Waals surface area contributed by atoms with Gasteiger partial charge < -0.3 is 5.73 Å². The monoisotopic (exact) mass is 305 g/mol. The molecule has 3 N–H and O–H groups in total. The summed E-state index contributed by atoms with van der Waals surface area (Å²) < 4.78 is 13.8. The molecule has 3 aromatic rings. The maximum atomic E-state index is 13.8. The summed E-state index contributed by atoms with van der Waals surface area (Å²) in [6.45, 7) is 0. The molecule has 114 valence electrons. The zero-order valence-electron chi connectivity index (χ0n) is 12.5. The Hall–Kier alpha value is -2.88. The number of aromatic amines is 1. The summed E-state index contributed by atoms with van der Waals surface area (Å²) >= 11 is 0. The first-order valence-corrected chi connectivity index (χ1v) is 7.52. The van der Waals surface area contributed by atoms with Crippen molar-refractivity contribution in [3.05, 3.63) is 88.9 Å². The second-order valence-electron chi connectivity index (χ2n) is 5.86. The SMILES string of the molecule is Nc1n[nH]c2c1C=CC(c1ccccc1)(c1cccc(F)c1)C2. The minimum atomic E-state index is -0.435. The summed E-state index contributed by atoms with van der Waals surface area (Å²) in [5.74, 6) is 0.262. The van der Waals surface area contributed by atoms with Crippen LogP contribution in [0.5, 0.6) is 0 Å². The zero-order valence-corrected chi connectivity index (χ0v) is 12.5. The van der Waals surface area contributed by atoms with Gasteiger partial charge in [-0.2, -0.15) is 5.10 Å². The van der Waals surface area contributed by atoms with Crippen molar-refractivity contribution >= 4 is 11.9 Å². The normalized spacial score (nSPS) is 19.5. The van der Waals surface area contributed by atoms with Crippen LogP contribution in [0.1, 0.15) is 22.4 Å². The van der Waals surface area contributed by atoms with Crippen molar-refractivity contribution in [3.63, 3.8) is 0 Å². The Kier molecular flexibility index (Phi) is 3.05. The summed E-state index contributed by atoms with van der Waals surface area (Å²) in [6, 6.07) is 16.9. The van der Waals surface area contributed by atoms with E-state index in [0.717, 1.165) is 22.4 Å². The fourth-order valence-electron chi connectivity index (χ4n) is 3.35. The third kappa shape index (κ3) is 2.14. The number of benzene rings is 2. The van der Waals surface area contributed by atoms with Crippen LogP contribution in [0.25, 0.3) is 6.08 Å². The third-order valence-corrected chi connectivity index (χ3v) is 4.53. The molecule has 0 radical (unpaired) electrons. The van der Waals surface area contributed by atoms with Gasteiger partial charge in [0.25, 0.3) is 0 Å². The largest absolute Gasteiger partial charge is 0.382 e. The van der Waals surface area contributed by atoms with Crippen LogP contribution in [-0.2, 0) is 11.8 Å². The highest BCUT2D eigenvalue weighted by atomic mass is 19.1. The van der Waals surface area contributed by atoms with E-state index in [4.69, 9.17) is 5.73 Å². The molecule has 1 atom stereocenters. The number of aromatic nitrogens is 2. The highest BCUT2D eigenvalue weighted by Crippen LogP contribution is 2.42. The van der Waals surface area contributed by atoms with Gasteiger partial charge in [0.05, 0.1) is 0 Å².